The molecule has 162 valence electrons. The summed E-state index contributed by atoms with van der Waals surface area (Å²) in [7, 11) is 0. The Morgan fingerprint density at radius 1 is 0.969 bits per heavy atom. The molecule has 2 heterocycles. The Morgan fingerprint density at radius 2 is 1.72 bits per heavy atom. The number of nitrogens with two attached hydrogens (primary N) is 1. The van der Waals surface area contributed by atoms with Gasteiger partial charge in [0.05, 0.1) is 0 Å². The van der Waals surface area contributed by atoms with Gasteiger partial charge in [-0.2, -0.15) is 0 Å². The highest BCUT2D eigenvalue weighted by Crippen LogP contribution is 2.24. The highest BCUT2D eigenvalue weighted by atomic mass is 16.1. The van der Waals surface area contributed by atoms with E-state index in [1.165, 1.54) is 19.3 Å². The fourth-order valence-electron chi connectivity index (χ4n) is 3.91. The van der Waals surface area contributed by atoms with Crippen molar-refractivity contribution in [3.63, 3.8) is 0 Å². The number of nitrogens with zero attached hydrogens (tertiary/aromatic N) is 2. The Bertz CT molecular complexity index is 1110. The number of likely N-dealkylation sites (tertiary alicyclic amines) is 1. The topological polar surface area (TPSA) is 71.2 Å². The van der Waals surface area contributed by atoms with E-state index in [4.69, 9.17) is 5.73 Å². The molecule has 0 aliphatic carbocycles. The van der Waals surface area contributed by atoms with Crippen LogP contribution in [0.15, 0.2) is 67.0 Å². The molecule has 0 bridgehead atoms. The number of benzene rings is 2. The molecule has 5 heteroatoms. The van der Waals surface area contributed by atoms with Crippen LogP contribution in [0, 0.1) is 11.8 Å². The van der Waals surface area contributed by atoms with E-state index in [1.54, 1.807) is 12.4 Å². The quantitative estimate of drug-likeness (QED) is 0.481. The minimum atomic E-state index is -0.0441. The van der Waals surface area contributed by atoms with E-state index in [1.807, 2.05) is 54.6 Å². The van der Waals surface area contributed by atoms with Crippen LogP contribution in [0.25, 0.3) is 11.1 Å². The average Bonchev–Trinajstić information content (AvgIpc) is 2.84. The molecule has 0 unspecified atom stereocenters. The van der Waals surface area contributed by atoms with Crippen molar-refractivity contribution in [3.05, 3.63) is 83.7 Å². The zero-order valence-corrected chi connectivity index (χ0v) is 18.2. The minimum absolute atomic E-state index is 0.0441. The van der Waals surface area contributed by atoms with Gasteiger partial charge in [-0.1, -0.05) is 24.3 Å². The standard InChI is InChI=1S/C27H28N4O/c28-25-10-11-26(22-12-14-29-15-13-22)24(20-25)9-6-21-4-7-23(8-5-21)27(32)30-16-19-31-17-2-1-3-18-31/h4-5,7-8,10-15,20H,1-3,16-19,28H2,(H,30,32). The second-order valence-electron chi connectivity index (χ2n) is 8.03. The van der Waals surface area contributed by atoms with Crippen molar-refractivity contribution < 1.29 is 4.79 Å². The van der Waals surface area contributed by atoms with E-state index in [0.29, 0.717) is 17.8 Å². The summed E-state index contributed by atoms with van der Waals surface area (Å²) in [5.74, 6) is 6.38. The van der Waals surface area contributed by atoms with Crippen LogP contribution in [0.5, 0.6) is 0 Å². The van der Waals surface area contributed by atoms with Gasteiger partial charge in [0, 0.05) is 47.9 Å². The Kier molecular flexibility index (Phi) is 7.16. The Morgan fingerprint density at radius 3 is 2.47 bits per heavy atom. The molecule has 0 spiro atoms. The van der Waals surface area contributed by atoms with Crippen molar-refractivity contribution in [1.82, 2.24) is 15.2 Å². The molecule has 1 saturated heterocycles. The average molecular weight is 425 g/mol. The van der Waals surface area contributed by atoms with E-state index in [9.17, 15) is 4.79 Å². The summed E-state index contributed by atoms with van der Waals surface area (Å²) in [6, 6.07) is 17.0. The first-order valence-electron chi connectivity index (χ1n) is 11.1. The lowest BCUT2D eigenvalue weighted by Crippen LogP contribution is -2.37. The number of hydrogen-bond acceptors (Lipinski definition) is 4. The van der Waals surface area contributed by atoms with Crippen LogP contribution in [0.1, 0.15) is 40.7 Å². The van der Waals surface area contributed by atoms with Gasteiger partial charge in [0.1, 0.15) is 0 Å². The monoisotopic (exact) mass is 424 g/mol. The molecule has 1 aromatic heterocycles. The number of carbonyl (C=O) groups excluding carboxylic acids is 1. The maximum Gasteiger partial charge on any atom is 0.251 e. The molecular weight excluding hydrogens is 396 g/mol. The van der Waals surface area contributed by atoms with Crippen molar-refractivity contribution in [2.75, 3.05) is 31.9 Å². The first kappa shape index (κ1) is 21.6. The molecule has 1 aliphatic heterocycles. The fourth-order valence-corrected chi connectivity index (χ4v) is 3.91. The van der Waals surface area contributed by atoms with E-state index < -0.39 is 0 Å². The number of nitrogens with one attached hydrogen (secondary N) is 1. The highest BCUT2D eigenvalue weighted by molar-refractivity contribution is 5.94. The molecule has 1 amide bonds. The lowest BCUT2D eigenvalue weighted by atomic mass is 10.00. The van der Waals surface area contributed by atoms with E-state index >= 15 is 0 Å². The smallest absolute Gasteiger partial charge is 0.251 e. The van der Waals surface area contributed by atoms with Crippen molar-refractivity contribution in [2.45, 2.75) is 19.3 Å². The normalized spacial score (nSPS) is 13.8. The van der Waals surface area contributed by atoms with Gasteiger partial charge in [0.2, 0.25) is 0 Å². The maximum atomic E-state index is 12.4. The zero-order valence-electron chi connectivity index (χ0n) is 18.2. The van der Waals surface area contributed by atoms with Crippen LogP contribution < -0.4 is 11.1 Å². The first-order chi connectivity index (χ1) is 15.7. The molecule has 3 aromatic rings. The number of piperidine rings is 1. The van der Waals surface area contributed by atoms with Crippen molar-refractivity contribution in [3.8, 4) is 23.0 Å². The summed E-state index contributed by atoms with van der Waals surface area (Å²) < 4.78 is 0. The molecule has 3 N–H and O–H groups in total. The SMILES string of the molecule is Nc1ccc(-c2ccncc2)c(C#Cc2ccc(C(=O)NCCN3CCCCC3)cc2)c1. The summed E-state index contributed by atoms with van der Waals surface area (Å²) in [6.45, 7) is 3.86. The summed E-state index contributed by atoms with van der Waals surface area (Å²) in [5, 5.41) is 3.02. The summed E-state index contributed by atoms with van der Waals surface area (Å²) in [6.07, 6.45) is 7.37. The van der Waals surface area contributed by atoms with Gasteiger partial charge in [-0.3, -0.25) is 9.78 Å². The van der Waals surface area contributed by atoms with Gasteiger partial charge in [-0.25, -0.2) is 0 Å². The van der Waals surface area contributed by atoms with Crippen molar-refractivity contribution >= 4 is 11.6 Å². The molecule has 4 rings (SSSR count). The number of anilines is 1. The van der Waals surface area contributed by atoms with Gasteiger partial charge in [0.25, 0.3) is 5.91 Å². The minimum Gasteiger partial charge on any atom is -0.399 e. The van der Waals surface area contributed by atoms with Crippen LogP contribution >= 0.6 is 0 Å². The number of hydrogen-bond donors (Lipinski definition) is 2. The molecule has 5 nitrogen and oxygen atoms in total. The zero-order chi connectivity index (χ0) is 22.2. The highest BCUT2D eigenvalue weighted by Gasteiger charge is 2.10. The Balaban J connectivity index is 1.40. The molecule has 0 saturated carbocycles. The third-order valence-electron chi connectivity index (χ3n) is 5.69. The van der Waals surface area contributed by atoms with Crippen molar-refractivity contribution in [1.29, 1.82) is 0 Å². The van der Waals surface area contributed by atoms with E-state index in [-0.39, 0.29) is 5.91 Å². The number of aromatic nitrogens is 1. The summed E-state index contributed by atoms with van der Waals surface area (Å²) in [4.78, 5) is 18.9. The predicted molar refractivity (Wildman–Crippen MR) is 129 cm³/mol. The van der Waals surface area contributed by atoms with E-state index in [2.05, 4.69) is 27.0 Å². The molecule has 0 radical (unpaired) electrons. The number of pyridine rings is 1. The largest absolute Gasteiger partial charge is 0.399 e. The fraction of sp³-hybridized carbons (Fsp3) is 0.259. The number of carbonyl (C=O) groups is 1. The molecule has 1 fully saturated rings. The summed E-state index contributed by atoms with van der Waals surface area (Å²) >= 11 is 0. The van der Waals surface area contributed by atoms with Crippen molar-refractivity contribution in [2.24, 2.45) is 0 Å². The molecule has 1 aliphatic rings. The van der Waals surface area contributed by atoms with Crippen LogP contribution in [0.3, 0.4) is 0 Å². The van der Waals surface area contributed by atoms with Crippen LogP contribution in [0.4, 0.5) is 5.69 Å². The number of amides is 1. The van der Waals surface area contributed by atoms with Gasteiger partial charge < -0.3 is 16.0 Å². The lowest BCUT2D eigenvalue weighted by molar-refractivity contribution is 0.0946. The van der Waals surface area contributed by atoms with Crippen LogP contribution in [-0.2, 0) is 0 Å². The van der Waals surface area contributed by atoms with Gasteiger partial charge in [-0.05, 0) is 85.6 Å². The predicted octanol–water partition coefficient (Wildman–Crippen LogP) is 3.95. The second kappa shape index (κ2) is 10.6. The van der Waals surface area contributed by atoms with Gasteiger partial charge in [-0.15, -0.1) is 0 Å². The Labute approximate surface area is 189 Å². The maximum absolute atomic E-state index is 12.4. The van der Waals surface area contributed by atoms with Gasteiger partial charge in [0.15, 0.2) is 0 Å². The Hall–Kier alpha value is -3.62. The van der Waals surface area contributed by atoms with Crippen LogP contribution in [0.2, 0.25) is 0 Å². The molecule has 32 heavy (non-hydrogen) atoms. The van der Waals surface area contributed by atoms with Gasteiger partial charge >= 0.3 is 0 Å². The number of nitrogen functional groups attached to an aromatic ring is 1. The molecule has 2 aromatic carbocycles. The molecular formula is C27H28N4O. The number of rotatable bonds is 5. The lowest BCUT2D eigenvalue weighted by Gasteiger charge is -2.26. The van der Waals surface area contributed by atoms with E-state index in [0.717, 1.165) is 41.9 Å². The third-order valence-corrected chi connectivity index (χ3v) is 5.69. The summed E-state index contributed by atoms with van der Waals surface area (Å²) in [5.41, 5.74) is 11.1. The first-order valence-corrected chi connectivity index (χ1v) is 11.1. The molecule has 0 atom stereocenters. The van der Waals surface area contributed by atoms with Crippen LogP contribution in [-0.4, -0.2) is 42.0 Å². The third kappa shape index (κ3) is 5.75. The second-order valence-corrected chi connectivity index (χ2v) is 8.03.